The molecule has 0 spiro atoms. The minimum Gasteiger partial charge on any atom is -0.456 e. The molecule has 106 valence electrons. The van der Waals surface area contributed by atoms with Gasteiger partial charge in [0.25, 0.3) is 0 Å². The van der Waals surface area contributed by atoms with Gasteiger partial charge in [-0.25, -0.2) is 8.78 Å². The molecule has 0 unspecified atom stereocenters. The fourth-order valence-electron chi connectivity index (χ4n) is 1.76. The summed E-state index contributed by atoms with van der Waals surface area (Å²) in [5, 5.41) is 9.69. The summed E-state index contributed by atoms with van der Waals surface area (Å²) in [4.78, 5) is 0. The quantitative estimate of drug-likeness (QED) is 0.861. The fraction of sp³-hybridized carbons (Fsp3) is 0.200. The van der Waals surface area contributed by atoms with Gasteiger partial charge in [0.2, 0.25) is 0 Å². The highest BCUT2D eigenvalue weighted by atomic mass is 79.9. The van der Waals surface area contributed by atoms with Gasteiger partial charge >= 0.3 is 0 Å². The molecule has 0 aromatic heterocycles. The Labute approximate surface area is 124 Å². The van der Waals surface area contributed by atoms with Gasteiger partial charge in [-0.15, -0.1) is 0 Å². The van der Waals surface area contributed by atoms with Crippen molar-refractivity contribution in [1.29, 1.82) is 0 Å². The molecule has 2 aromatic carbocycles. The molecule has 0 bridgehead atoms. The molecule has 2 rings (SSSR count). The first-order valence-electron chi connectivity index (χ1n) is 5.99. The molecular formula is C15H13BrF2O2. The van der Waals surface area contributed by atoms with Gasteiger partial charge in [0.15, 0.2) is 0 Å². The predicted octanol–water partition coefficient (Wildman–Crippen LogP) is 4.88. The zero-order valence-corrected chi connectivity index (χ0v) is 12.5. The predicted molar refractivity (Wildman–Crippen MR) is 75.9 cm³/mol. The van der Waals surface area contributed by atoms with Crippen molar-refractivity contribution in [2.45, 2.75) is 20.0 Å². The summed E-state index contributed by atoms with van der Waals surface area (Å²) in [5.74, 6) is -0.310. The van der Waals surface area contributed by atoms with Crippen molar-refractivity contribution < 1.29 is 18.6 Å². The minimum absolute atomic E-state index is 0.262. The summed E-state index contributed by atoms with van der Waals surface area (Å²) in [5.41, 5.74) is 0.696. The summed E-state index contributed by atoms with van der Waals surface area (Å²) in [6.07, 6.45) is -0.896. The van der Waals surface area contributed by atoms with Crippen LogP contribution in [0.15, 0.2) is 34.8 Å². The molecular weight excluding hydrogens is 330 g/mol. The molecule has 0 saturated carbocycles. The summed E-state index contributed by atoms with van der Waals surface area (Å²) in [7, 11) is 0. The van der Waals surface area contributed by atoms with Crippen molar-refractivity contribution >= 4 is 15.9 Å². The highest BCUT2D eigenvalue weighted by Gasteiger charge is 2.15. The summed E-state index contributed by atoms with van der Waals surface area (Å²) >= 11 is 3.25. The van der Waals surface area contributed by atoms with Crippen LogP contribution in [0.2, 0.25) is 0 Å². The lowest BCUT2D eigenvalue weighted by Gasteiger charge is -2.15. The molecule has 0 saturated heterocycles. The SMILES string of the molecule is Cc1cc(Oc2cc(F)ccc2Br)c([C@@H](C)O)cc1F. The number of benzene rings is 2. The average Bonchev–Trinajstić information content (AvgIpc) is 2.37. The maximum atomic E-state index is 13.6. The fourth-order valence-corrected chi connectivity index (χ4v) is 2.09. The number of aliphatic hydroxyl groups is 1. The van der Waals surface area contributed by atoms with Crippen molar-refractivity contribution in [3.63, 3.8) is 0 Å². The van der Waals surface area contributed by atoms with Gasteiger partial charge in [0.1, 0.15) is 23.1 Å². The molecule has 0 fully saturated rings. The Morgan fingerprint density at radius 3 is 2.50 bits per heavy atom. The van der Waals surface area contributed by atoms with Gasteiger partial charge in [-0.05, 0) is 59.6 Å². The van der Waals surface area contributed by atoms with E-state index in [1.54, 1.807) is 6.92 Å². The van der Waals surface area contributed by atoms with Crippen LogP contribution in [-0.4, -0.2) is 5.11 Å². The van der Waals surface area contributed by atoms with Crippen LogP contribution < -0.4 is 4.74 Å². The first-order valence-corrected chi connectivity index (χ1v) is 6.79. The largest absolute Gasteiger partial charge is 0.456 e. The van der Waals surface area contributed by atoms with Crippen molar-refractivity contribution in [3.8, 4) is 11.5 Å². The van der Waals surface area contributed by atoms with Crippen LogP contribution >= 0.6 is 15.9 Å². The number of hydrogen-bond donors (Lipinski definition) is 1. The topological polar surface area (TPSA) is 29.5 Å². The molecule has 2 aromatic rings. The second-order valence-electron chi connectivity index (χ2n) is 4.49. The Morgan fingerprint density at radius 1 is 1.15 bits per heavy atom. The lowest BCUT2D eigenvalue weighted by atomic mass is 10.1. The van der Waals surface area contributed by atoms with Crippen LogP contribution in [0.5, 0.6) is 11.5 Å². The molecule has 0 aliphatic rings. The third-order valence-electron chi connectivity index (χ3n) is 2.85. The molecule has 0 amide bonds. The molecule has 1 N–H and O–H groups in total. The minimum atomic E-state index is -0.896. The summed E-state index contributed by atoms with van der Waals surface area (Å²) in [6, 6.07) is 6.73. The maximum Gasteiger partial charge on any atom is 0.144 e. The van der Waals surface area contributed by atoms with Crippen LogP contribution in [0, 0.1) is 18.6 Å². The average molecular weight is 343 g/mol. The van der Waals surface area contributed by atoms with E-state index in [-0.39, 0.29) is 5.75 Å². The molecule has 2 nitrogen and oxygen atoms in total. The van der Waals surface area contributed by atoms with Gasteiger partial charge in [0, 0.05) is 11.6 Å². The highest BCUT2D eigenvalue weighted by molar-refractivity contribution is 9.10. The Hall–Kier alpha value is -1.46. The zero-order chi connectivity index (χ0) is 14.9. The molecule has 0 radical (unpaired) electrons. The van der Waals surface area contributed by atoms with Gasteiger partial charge in [-0.2, -0.15) is 0 Å². The molecule has 0 aliphatic heterocycles. The van der Waals surface area contributed by atoms with Crippen LogP contribution in [0.4, 0.5) is 8.78 Å². The van der Waals surface area contributed by atoms with Gasteiger partial charge in [0.05, 0.1) is 10.6 Å². The van der Waals surface area contributed by atoms with Crippen molar-refractivity contribution in [2.24, 2.45) is 0 Å². The van der Waals surface area contributed by atoms with Crippen molar-refractivity contribution in [1.82, 2.24) is 0 Å². The lowest BCUT2D eigenvalue weighted by Crippen LogP contribution is -1.99. The van der Waals surface area contributed by atoms with Crippen molar-refractivity contribution in [2.75, 3.05) is 0 Å². The van der Waals surface area contributed by atoms with E-state index in [1.807, 2.05) is 0 Å². The van der Waals surface area contributed by atoms with Crippen molar-refractivity contribution in [3.05, 3.63) is 57.6 Å². The zero-order valence-electron chi connectivity index (χ0n) is 11.0. The molecule has 0 heterocycles. The highest BCUT2D eigenvalue weighted by Crippen LogP contribution is 2.35. The Morgan fingerprint density at radius 2 is 1.85 bits per heavy atom. The number of rotatable bonds is 3. The van der Waals surface area contributed by atoms with E-state index in [2.05, 4.69) is 15.9 Å². The van der Waals surface area contributed by atoms with E-state index in [9.17, 15) is 13.9 Å². The van der Waals surface area contributed by atoms with E-state index >= 15 is 0 Å². The van der Waals surface area contributed by atoms with E-state index in [1.165, 1.54) is 37.3 Å². The Kier molecular flexibility index (Phi) is 4.40. The van der Waals surface area contributed by atoms with Crippen LogP contribution in [0.3, 0.4) is 0 Å². The van der Waals surface area contributed by atoms with Crippen LogP contribution in [0.1, 0.15) is 24.2 Å². The third-order valence-corrected chi connectivity index (χ3v) is 3.51. The second-order valence-corrected chi connectivity index (χ2v) is 5.35. The molecule has 20 heavy (non-hydrogen) atoms. The summed E-state index contributed by atoms with van der Waals surface area (Å²) < 4.78 is 33.0. The number of ether oxygens (including phenoxy) is 1. The Bertz CT molecular complexity index is 642. The second kappa shape index (κ2) is 5.89. The lowest BCUT2D eigenvalue weighted by molar-refractivity contribution is 0.195. The summed E-state index contributed by atoms with van der Waals surface area (Å²) in [6.45, 7) is 3.10. The van der Waals surface area contributed by atoms with E-state index < -0.39 is 17.7 Å². The number of aliphatic hydroxyl groups excluding tert-OH is 1. The van der Waals surface area contributed by atoms with Gasteiger partial charge < -0.3 is 9.84 Å². The Balaban J connectivity index is 2.47. The van der Waals surface area contributed by atoms with E-state index in [4.69, 9.17) is 4.74 Å². The molecule has 1 atom stereocenters. The number of hydrogen-bond acceptors (Lipinski definition) is 2. The van der Waals surface area contributed by atoms with Gasteiger partial charge in [-0.1, -0.05) is 0 Å². The van der Waals surface area contributed by atoms with E-state index in [0.29, 0.717) is 21.3 Å². The monoisotopic (exact) mass is 342 g/mol. The number of halogens is 3. The third kappa shape index (κ3) is 3.16. The first kappa shape index (κ1) is 14.9. The van der Waals surface area contributed by atoms with Crippen LogP contribution in [-0.2, 0) is 0 Å². The maximum absolute atomic E-state index is 13.6. The molecule has 5 heteroatoms. The normalized spacial score (nSPS) is 12.3. The van der Waals surface area contributed by atoms with Crippen LogP contribution in [0.25, 0.3) is 0 Å². The smallest absolute Gasteiger partial charge is 0.144 e. The van der Waals surface area contributed by atoms with Gasteiger partial charge in [-0.3, -0.25) is 0 Å². The van der Waals surface area contributed by atoms with E-state index in [0.717, 1.165) is 0 Å². The number of aryl methyl sites for hydroxylation is 1. The molecule has 0 aliphatic carbocycles. The standard InChI is InChI=1S/C15H13BrF2O2/c1-8-5-14(11(9(2)19)7-13(8)18)20-15-6-10(17)3-4-12(15)16/h3-7,9,19H,1-2H3/t9-/m1/s1. The first-order chi connectivity index (χ1) is 9.38.